The summed E-state index contributed by atoms with van der Waals surface area (Å²) in [6, 6.07) is 7.06. The fourth-order valence-corrected chi connectivity index (χ4v) is 2.94. The van der Waals surface area contributed by atoms with Crippen LogP contribution in [0.15, 0.2) is 18.2 Å². The molecular weight excluding hydrogens is 234 g/mol. The van der Waals surface area contributed by atoms with Crippen molar-refractivity contribution in [1.29, 1.82) is 0 Å². The van der Waals surface area contributed by atoms with Crippen LogP contribution in [-0.2, 0) is 4.74 Å². The van der Waals surface area contributed by atoms with E-state index in [1.165, 1.54) is 23.1 Å². The molecular formula is C17H27NO. The number of hydrogen-bond donors (Lipinski definition) is 1. The lowest BCUT2D eigenvalue weighted by atomic mass is 9.89. The van der Waals surface area contributed by atoms with E-state index in [2.05, 4.69) is 51.2 Å². The molecule has 0 spiro atoms. The van der Waals surface area contributed by atoms with Gasteiger partial charge in [0.25, 0.3) is 0 Å². The molecule has 1 aliphatic heterocycles. The number of nitrogens with one attached hydrogen (secondary N) is 1. The van der Waals surface area contributed by atoms with Crippen LogP contribution < -0.4 is 5.32 Å². The molecule has 1 N–H and O–H groups in total. The number of ether oxygens (including phenoxy) is 1. The van der Waals surface area contributed by atoms with E-state index in [1.807, 2.05) is 0 Å². The number of aryl methyl sites for hydroxylation is 2. The van der Waals surface area contributed by atoms with E-state index in [9.17, 15) is 0 Å². The molecule has 1 aromatic rings. The smallest absolute Gasteiger partial charge is 0.0796 e. The van der Waals surface area contributed by atoms with E-state index in [1.54, 1.807) is 0 Å². The van der Waals surface area contributed by atoms with Crippen LogP contribution in [0.25, 0.3) is 0 Å². The Kier molecular flexibility index (Phi) is 5.00. The average Bonchev–Trinajstić information content (AvgIpc) is 2.80. The van der Waals surface area contributed by atoms with Crippen molar-refractivity contribution in [1.82, 2.24) is 5.32 Å². The van der Waals surface area contributed by atoms with E-state index in [-0.39, 0.29) is 0 Å². The molecule has 2 nitrogen and oxygen atoms in total. The third-order valence-corrected chi connectivity index (χ3v) is 4.16. The largest absolute Gasteiger partial charge is 0.376 e. The zero-order chi connectivity index (χ0) is 13.8. The second-order valence-corrected chi connectivity index (χ2v) is 5.89. The quantitative estimate of drug-likeness (QED) is 0.871. The van der Waals surface area contributed by atoms with Gasteiger partial charge in [0, 0.05) is 6.61 Å². The van der Waals surface area contributed by atoms with Gasteiger partial charge in [-0.25, -0.2) is 0 Å². The first-order chi connectivity index (χ1) is 9.13. The van der Waals surface area contributed by atoms with Gasteiger partial charge in [0.15, 0.2) is 0 Å². The molecule has 1 saturated heterocycles. The highest BCUT2D eigenvalue weighted by Crippen LogP contribution is 2.33. The minimum Gasteiger partial charge on any atom is -0.376 e. The van der Waals surface area contributed by atoms with Crippen LogP contribution in [0.3, 0.4) is 0 Å². The van der Waals surface area contributed by atoms with Gasteiger partial charge >= 0.3 is 0 Å². The highest BCUT2D eigenvalue weighted by Gasteiger charge is 2.33. The zero-order valence-electron chi connectivity index (χ0n) is 12.7. The first-order valence-corrected chi connectivity index (χ1v) is 7.55. The van der Waals surface area contributed by atoms with Gasteiger partial charge in [0.2, 0.25) is 0 Å². The van der Waals surface area contributed by atoms with Crippen molar-refractivity contribution in [2.24, 2.45) is 5.92 Å². The van der Waals surface area contributed by atoms with Crippen LogP contribution >= 0.6 is 0 Å². The first kappa shape index (κ1) is 14.5. The molecule has 0 bridgehead atoms. The summed E-state index contributed by atoms with van der Waals surface area (Å²) in [6.07, 6.45) is 2.65. The normalized spacial score (nSPS) is 24.6. The van der Waals surface area contributed by atoms with Gasteiger partial charge in [-0.15, -0.1) is 0 Å². The number of benzene rings is 1. The van der Waals surface area contributed by atoms with E-state index >= 15 is 0 Å². The fraction of sp³-hybridized carbons (Fsp3) is 0.647. The molecule has 0 aromatic heterocycles. The maximum atomic E-state index is 6.01. The molecule has 1 heterocycles. The second-order valence-electron chi connectivity index (χ2n) is 5.89. The monoisotopic (exact) mass is 261 g/mol. The maximum absolute atomic E-state index is 6.01. The maximum Gasteiger partial charge on any atom is 0.0796 e. The summed E-state index contributed by atoms with van der Waals surface area (Å²) in [6.45, 7) is 10.8. The molecule has 0 radical (unpaired) electrons. The van der Waals surface area contributed by atoms with E-state index in [0.29, 0.717) is 18.1 Å². The predicted octanol–water partition coefficient (Wildman–Crippen LogP) is 3.77. The van der Waals surface area contributed by atoms with Crippen LogP contribution in [0.4, 0.5) is 0 Å². The highest BCUT2D eigenvalue weighted by atomic mass is 16.5. The molecule has 3 atom stereocenters. The van der Waals surface area contributed by atoms with Crippen LogP contribution in [-0.4, -0.2) is 19.3 Å². The van der Waals surface area contributed by atoms with E-state index in [4.69, 9.17) is 4.74 Å². The molecule has 1 fully saturated rings. The Balaban J connectivity index is 2.28. The van der Waals surface area contributed by atoms with Gasteiger partial charge in [-0.1, -0.05) is 37.6 Å². The van der Waals surface area contributed by atoms with Gasteiger partial charge in [-0.2, -0.15) is 0 Å². The summed E-state index contributed by atoms with van der Waals surface area (Å²) < 4.78 is 6.01. The van der Waals surface area contributed by atoms with Crippen LogP contribution in [0, 0.1) is 19.8 Å². The molecule has 1 aliphatic rings. The minimum atomic E-state index is 0.312. The van der Waals surface area contributed by atoms with Crippen molar-refractivity contribution in [3.63, 3.8) is 0 Å². The lowest BCUT2D eigenvalue weighted by Gasteiger charge is -2.29. The summed E-state index contributed by atoms with van der Waals surface area (Å²) in [5.74, 6) is 0.634. The molecule has 1 aromatic carbocycles. The molecule has 19 heavy (non-hydrogen) atoms. The highest BCUT2D eigenvalue weighted by molar-refractivity contribution is 5.34. The van der Waals surface area contributed by atoms with E-state index < -0.39 is 0 Å². The topological polar surface area (TPSA) is 21.3 Å². The SMILES string of the molecule is CCCNC(c1cc(C)ccc1C)C1OCCC1C. The molecule has 106 valence electrons. The van der Waals surface area contributed by atoms with Gasteiger partial charge in [0.1, 0.15) is 0 Å². The van der Waals surface area contributed by atoms with Crippen molar-refractivity contribution in [3.05, 3.63) is 34.9 Å². The summed E-state index contributed by atoms with van der Waals surface area (Å²) >= 11 is 0. The average molecular weight is 261 g/mol. The molecule has 0 saturated carbocycles. The first-order valence-electron chi connectivity index (χ1n) is 7.55. The summed E-state index contributed by atoms with van der Waals surface area (Å²) in [7, 11) is 0. The fourth-order valence-electron chi connectivity index (χ4n) is 2.94. The second kappa shape index (κ2) is 6.53. The van der Waals surface area contributed by atoms with Gasteiger partial charge in [-0.05, 0) is 50.3 Å². The minimum absolute atomic E-state index is 0.312. The van der Waals surface area contributed by atoms with E-state index in [0.717, 1.165) is 19.6 Å². The molecule has 0 aliphatic carbocycles. The lowest BCUT2D eigenvalue weighted by molar-refractivity contribution is 0.0605. The Morgan fingerprint density at radius 2 is 2.16 bits per heavy atom. The third kappa shape index (κ3) is 3.37. The Morgan fingerprint density at radius 1 is 1.37 bits per heavy atom. The Morgan fingerprint density at radius 3 is 2.79 bits per heavy atom. The van der Waals surface area contributed by atoms with Crippen LogP contribution in [0.1, 0.15) is 49.4 Å². The lowest BCUT2D eigenvalue weighted by Crippen LogP contribution is -2.35. The predicted molar refractivity (Wildman–Crippen MR) is 80.5 cm³/mol. The van der Waals surface area contributed by atoms with Crippen molar-refractivity contribution < 1.29 is 4.74 Å². The van der Waals surface area contributed by atoms with Crippen LogP contribution in [0.5, 0.6) is 0 Å². The number of rotatable bonds is 5. The molecule has 2 heteroatoms. The molecule has 3 unspecified atom stereocenters. The molecule has 2 rings (SSSR count). The standard InChI is InChI=1S/C17H27NO/c1-5-9-18-16(17-14(4)8-10-19-17)15-11-12(2)6-7-13(15)3/h6-7,11,14,16-18H,5,8-10H2,1-4H3. The Hall–Kier alpha value is -0.860. The third-order valence-electron chi connectivity index (χ3n) is 4.16. The summed E-state index contributed by atoms with van der Waals surface area (Å²) in [5.41, 5.74) is 4.10. The van der Waals surface area contributed by atoms with Crippen molar-refractivity contribution in [2.75, 3.05) is 13.2 Å². The van der Waals surface area contributed by atoms with Crippen LogP contribution in [0.2, 0.25) is 0 Å². The zero-order valence-corrected chi connectivity index (χ0v) is 12.7. The van der Waals surface area contributed by atoms with Crippen molar-refractivity contribution in [3.8, 4) is 0 Å². The van der Waals surface area contributed by atoms with Gasteiger partial charge in [0.05, 0.1) is 12.1 Å². The van der Waals surface area contributed by atoms with Crippen molar-refractivity contribution in [2.45, 2.75) is 52.7 Å². The van der Waals surface area contributed by atoms with Gasteiger partial charge < -0.3 is 10.1 Å². The summed E-state index contributed by atoms with van der Waals surface area (Å²) in [4.78, 5) is 0. The van der Waals surface area contributed by atoms with Gasteiger partial charge in [-0.3, -0.25) is 0 Å². The number of hydrogen-bond acceptors (Lipinski definition) is 2. The Labute approximate surface area is 117 Å². The Bertz CT molecular complexity index is 416. The summed E-state index contributed by atoms with van der Waals surface area (Å²) in [5, 5.41) is 3.70. The molecule has 0 amide bonds. The van der Waals surface area contributed by atoms with Crippen molar-refractivity contribution >= 4 is 0 Å².